The zero-order chi connectivity index (χ0) is 55.7. The molecule has 4 heterocycles. The number of nitrogens with zero attached hydrogens (tertiary/aromatic N) is 2. The fourth-order valence-corrected chi connectivity index (χ4v) is 15.6. The summed E-state index contributed by atoms with van der Waals surface area (Å²) in [5.41, 5.74) is 14.8. The van der Waals surface area contributed by atoms with Crippen molar-refractivity contribution in [3.05, 3.63) is 272 Å². The molecule has 0 fully saturated rings. The van der Waals surface area contributed by atoms with Crippen molar-refractivity contribution in [3.63, 3.8) is 0 Å². The van der Waals surface area contributed by atoms with Gasteiger partial charge in [0.15, 0.2) is 0 Å². The lowest BCUT2D eigenvalue weighted by Crippen LogP contribution is -2.45. The van der Waals surface area contributed by atoms with E-state index >= 15 is 0 Å². The number of hydrogen-bond donors (Lipinski definition) is 0. The number of ether oxygens (including phenoxy) is 2. The molecular weight excluding hydrogens is 1010 g/mol. The van der Waals surface area contributed by atoms with Crippen molar-refractivity contribution in [2.24, 2.45) is 0 Å². The van der Waals surface area contributed by atoms with Crippen molar-refractivity contribution in [2.75, 3.05) is 9.80 Å². The molecule has 0 N–H and O–H groups in total. The highest BCUT2D eigenvalue weighted by Gasteiger charge is 2.61. The molecule has 0 saturated carbocycles. The Morgan fingerprint density at radius 1 is 0.287 bits per heavy atom. The molecule has 2 aromatic heterocycles. The molecule has 0 bridgehead atoms. The van der Waals surface area contributed by atoms with Gasteiger partial charge in [-0.1, -0.05) is 204 Å². The zero-order valence-electron chi connectivity index (χ0n) is 48.2. The number of benzene rings is 8. The highest BCUT2D eigenvalue weighted by molar-refractivity contribution is 7.18. The van der Waals surface area contributed by atoms with Crippen LogP contribution in [0.4, 0.5) is 32.8 Å². The average Bonchev–Trinajstić information content (AvgIpc) is 2.49. The van der Waals surface area contributed by atoms with Gasteiger partial charge in [-0.15, -0.1) is 22.7 Å². The minimum absolute atomic E-state index is 0.0101. The molecule has 80 heavy (non-hydrogen) atoms. The predicted molar refractivity (Wildman–Crippen MR) is 337 cm³/mol. The smallest absolute Gasteiger partial charge is 0.132 e. The normalized spacial score (nSPS) is 14.7. The third-order valence-corrected chi connectivity index (χ3v) is 19.4. The Morgan fingerprint density at radius 2 is 0.512 bits per heavy atom. The highest BCUT2D eigenvalue weighted by Crippen LogP contribution is 2.71. The molecule has 0 amide bonds. The molecule has 4 nitrogen and oxygen atoms in total. The molecule has 13 rings (SSSR count). The van der Waals surface area contributed by atoms with Gasteiger partial charge < -0.3 is 19.3 Å². The van der Waals surface area contributed by atoms with E-state index in [0.717, 1.165) is 78.0 Å². The van der Waals surface area contributed by atoms with E-state index in [-0.39, 0.29) is 21.7 Å². The molecule has 10 aromatic rings. The second-order valence-corrected chi connectivity index (χ2v) is 28.3. The summed E-state index contributed by atoms with van der Waals surface area (Å²) in [5.74, 6) is 3.42. The van der Waals surface area contributed by atoms with Crippen molar-refractivity contribution >= 4 is 55.4 Å². The van der Waals surface area contributed by atoms with Gasteiger partial charge in [0.05, 0.1) is 10.8 Å². The van der Waals surface area contributed by atoms with E-state index in [9.17, 15) is 0 Å². The summed E-state index contributed by atoms with van der Waals surface area (Å²) in [6, 6.07) is 77.4. The summed E-state index contributed by atoms with van der Waals surface area (Å²) < 4.78 is 14.2. The van der Waals surface area contributed by atoms with Crippen molar-refractivity contribution in [1.29, 1.82) is 0 Å². The summed E-state index contributed by atoms with van der Waals surface area (Å²) in [4.78, 5) is 7.50. The summed E-state index contributed by atoms with van der Waals surface area (Å²) in [5, 5.41) is 2.25. The van der Waals surface area contributed by atoms with Gasteiger partial charge in [0.25, 0.3) is 0 Å². The Morgan fingerprint density at radius 3 is 0.738 bits per heavy atom. The van der Waals surface area contributed by atoms with Gasteiger partial charge >= 0.3 is 0 Å². The lowest BCUT2D eigenvalue weighted by molar-refractivity contribution is 0.418. The number of para-hydroxylation sites is 4. The molecule has 2 aliphatic heterocycles. The third kappa shape index (κ3) is 8.10. The number of rotatable bonds is 6. The number of anilines is 6. The van der Waals surface area contributed by atoms with E-state index < -0.39 is 10.8 Å². The van der Waals surface area contributed by atoms with Crippen molar-refractivity contribution < 1.29 is 9.47 Å². The van der Waals surface area contributed by atoms with Crippen LogP contribution in [0.5, 0.6) is 23.0 Å². The van der Waals surface area contributed by atoms with Crippen LogP contribution in [0.3, 0.4) is 0 Å². The summed E-state index contributed by atoms with van der Waals surface area (Å²) in [6.07, 6.45) is 0. The van der Waals surface area contributed by atoms with Crippen LogP contribution in [0, 0.1) is 0 Å². The molecule has 6 heteroatoms. The van der Waals surface area contributed by atoms with Crippen molar-refractivity contribution in [2.45, 2.75) is 116 Å². The summed E-state index contributed by atoms with van der Waals surface area (Å²) in [6.45, 7) is 27.5. The molecular formula is C74H70N2O2S2. The Kier molecular flexibility index (Phi) is 11.9. The van der Waals surface area contributed by atoms with Gasteiger partial charge in [-0.3, -0.25) is 0 Å². The zero-order valence-corrected chi connectivity index (χ0v) is 49.8. The SMILES string of the molecule is CC(C)(C)c1ccc(N(c2ccc(C(C)(C)C)cc2)c2cc3c(s2)C2(c4ccccc4Oc4ccccc42)c2cc(N(c4ccc(C(C)(C)C)cc4)c4ccc(C(C)(C)C)cc4)sc2C32c3ccccc3Oc3ccccc32)cc1. The van der Waals surface area contributed by atoms with Gasteiger partial charge in [-0.25, -0.2) is 0 Å². The molecule has 400 valence electrons. The molecule has 1 aliphatic carbocycles. The van der Waals surface area contributed by atoms with Gasteiger partial charge in [0, 0.05) is 54.8 Å². The fourth-order valence-electron chi connectivity index (χ4n) is 12.6. The first-order valence-electron chi connectivity index (χ1n) is 28.2. The lowest BCUT2D eigenvalue weighted by atomic mass is 9.54. The highest BCUT2D eigenvalue weighted by atomic mass is 32.1. The number of fused-ring (bicyclic) bond motifs is 14. The average molecular weight is 1080 g/mol. The Hall–Kier alpha value is -7.64. The molecule has 0 atom stereocenters. The van der Waals surface area contributed by atoms with Gasteiger partial charge in [-0.2, -0.15) is 0 Å². The first kappa shape index (κ1) is 51.8. The van der Waals surface area contributed by atoms with E-state index in [2.05, 4.69) is 299 Å². The van der Waals surface area contributed by atoms with Gasteiger partial charge in [0.1, 0.15) is 33.0 Å². The lowest BCUT2D eigenvalue weighted by Gasteiger charge is -2.50. The Balaban J connectivity index is 1.18. The third-order valence-electron chi connectivity index (χ3n) is 16.9. The van der Waals surface area contributed by atoms with Crippen LogP contribution in [-0.2, 0) is 32.5 Å². The van der Waals surface area contributed by atoms with E-state index in [0.29, 0.717) is 0 Å². The largest absolute Gasteiger partial charge is 0.457 e. The first-order chi connectivity index (χ1) is 38.2. The van der Waals surface area contributed by atoms with E-state index in [1.54, 1.807) is 0 Å². The maximum Gasteiger partial charge on any atom is 0.132 e. The summed E-state index contributed by atoms with van der Waals surface area (Å²) >= 11 is 3.81. The van der Waals surface area contributed by atoms with Crippen molar-refractivity contribution in [1.82, 2.24) is 0 Å². The van der Waals surface area contributed by atoms with Crippen LogP contribution in [0.15, 0.2) is 206 Å². The molecule has 8 aromatic carbocycles. The van der Waals surface area contributed by atoms with Crippen LogP contribution in [0.1, 0.15) is 148 Å². The Bertz CT molecular complexity index is 3470. The van der Waals surface area contributed by atoms with Crippen molar-refractivity contribution in [3.8, 4) is 23.0 Å². The van der Waals surface area contributed by atoms with Gasteiger partial charge in [-0.05, 0) is 140 Å². The standard InChI is InChI=1S/C74H70N2O2S2/c1-69(2,3)47-29-37-51(38-30-47)75(52-39-31-48(32-40-52)70(4,5)6)65-45-59-67(79-65)74(57-23-15-19-27-63(57)78-64-28-20-16-24-58(64)74)60-46-66(80-68(60)73(59)55-21-13-17-25-61(55)77-62-26-18-14-22-56(62)73)76(53-41-33-49(34-42-53)71(7,8)9)54-43-35-50(36-44-54)72(10,11)12/h13-46H,1-12H3. The van der Waals surface area contributed by atoms with Crippen LogP contribution < -0.4 is 19.3 Å². The maximum absolute atomic E-state index is 7.09. The second-order valence-electron chi connectivity index (χ2n) is 26.2. The maximum atomic E-state index is 7.09. The van der Waals surface area contributed by atoms with E-state index in [1.165, 1.54) is 43.1 Å². The molecule has 0 unspecified atom stereocenters. The minimum Gasteiger partial charge on any atom is -0.457 e. The second kappa shape index (κ2) is 18.5. The van der Waals surface area contributed by atoms with E-state index in [4.69, 9.17) is 9.47 Å². The predicted octanol–water partition coefficient (Wildman–Crippen LogP) is 21.2. The van der Waals surface area contributed by atoms with Crippen LogP contribution >= 0.6 is 22.7 Å². The van der Waals surface area contributed by atoms with Crippen LogP contribution in [0.2, 0.25) is 0 Å². The molecule has 2 spiro atoms. The number of hydrogen-bond acceptors (Lipinski definition) is 6. The molecule has 0 radical (unpaired) electrons. The Labute approximate surface area is 482 Å². The fraction of sp³-hybridized carbons (Fsp3) is 0.243. The minimum atomic E-state index is -0.836. The molecule has 3 aliphatic rings. The molecule has 0 saturated heterocycles. The van der Waals surface area contributed by atoms with Crippen LogP contribution in [-0.4, -0.2) is 0 Å². The number of thiophene rings is 2. The van der Waals surface area contributed by atoms with Gasteiger partial charge in [0.2, 0.25) is 0 Å². The first-order valence-corrected chi connectivity index (χ1v) is 29.9. The quantitative estimate of drug-likeness (QED) is 0.166. The topological polar surface area (TPSA) is 24.9 Å². The summed E-state index contributed by atoms with van der Waals surface area (Å²) in [7, 11) is 0. The van der Waals surface area contributed by atoms with E-state index in [1.807, 2.05) is 22.7 Å². The monoisotopic (exact) mass is 1080 g/mol. The van der Waals surface area contributed by atoms with Crippen LogP contribution in [0.25, 0.3) is 0 Å².